The molecule has 0 aliphatic heterocycles. The monoisotopic (exact) mass is 278 g/mol. The summed E-state index contributed by atoms with van der Waals surface area (Å²) in [5, 5.41) is 9.21. The molecule has 82 valence electrons. The van der Waals surface area contributed by atoms with Crippen LogP contribution in [0.15, 0.2) is 40.9 Å². The highest BCUT2D eigenvalue weighted by atomic mass is 79.9. The molecule has 0 aromatic heterocycles. The molecule has 0 atom stereocenters. The molecule has 0 radical (unpaired) electrons. The highest BCUT2D eigenvalue weighted by molar-refractivity contribution is 9.10. The Hall–Kier alpha value is -1.68. The highest BCUT2D eigenvalue weighted by Crippen LogP contribution is 2.35. The van der Waals surface area contributed by atoms with Crippen LogP contribution in [0.5, 0.6) is 5.75 Å². The summed E-state index contributed by atoms with van der Waals surface area (Å²) < 4.78 is 0.785. The Morgan fingerprint density at radius 3 is 2.12 bits per heavy atom. The van der Waals surface area contributed by atoms with E-state index >= 15 is 0 Å². The molecule has 0 aliphatic rings. The van der Waals surface area contributed by atoms with Gasteiger partial charge in [-0.15, -0.1) is 0 Å². The van der Waals surface area contributed by atoms with E-state index in [4.69, 9.17) is 11.5 Å². The third kappa shape index (κ3) is 1.84. The van der Waals surface area contributed by atoms with E-state index in [2.05, 4.69) is 15.9 Å². The average molecular weight is 279 g/mol. The molecule has 0 fully saturated rings. The predicted octanol–water partition coefficient (Wildman–Crippen LogP) is 2.99. The van der Waals surface area contributed by atoms with Crippen LogP contribution in [0.4, 0.5) is 11.4 Å². The first-order valence-electron chi connectivity index (χ1n) is 4.72. The number of hydrogen-bond donors (Lipinski definition) is 3. The summed E-state index contributed by atoms with van der Waals surface area (Å²) in [7, 11) is 0. The topological polar surface area (TPSA) is 72.3 Å². The first-order valence-corrected chi connectivity index (χ1v) is 5.51. The van der Waals surface area contributed by atoms with Gasteiger partial charge in [-0.1, -0.05) is 18.2 Å². The lowest BCUT2D eigenvalue weighted by atomic mass is 10.0. The number of nitrogens with two attached hydrogens (primary N) is 2. The molecule has 0 aliphatic carbocycles. The summed E-state index contributed by atoms with van der Waals surface area (Å²) in [5.41, 5.74) is 14.6. The first kappa shape index (κ1) is 10.8. The van der Waals surface area contributed by atoms with Crippen molar-refractivity contribution in [3.63, 3.8) is 0 Å². The van der Waals surface area contributed by atoms with Gasteiger partial charge in [-0.2, -0.15) is 0 Å². The highest BCUT2D eigenvalue weighted by Gasteiger charge is 2.07. The van der Waals surface area contributed by atoms with Gasteiger partial charge in [0.2, 0.25) is 0 Å². The Kier molecular flexibility index (Phi) is 2.75. The molecule has 0 spiro atoms. The van der Waals surface area contributed by atoms with E-state index in [0.717, 1.165) is 15.6 Å². The summed E-state index contributed by atoms with van der Waals surface area (Å²) in [6.45, 7) is 0. The fourth-order valence-electron chi connectivity index (χ4n) is 1.50. The third-order valence-electron chi connectivity index (χ3n) is 2.41. The van der Waals surface area contributed by atoms with Crippen LogP contribution in [-0.2, 0) is 0 Å². The molecule has 3 nitrogen and oxygen atoms in total. The molecule has 2 aromatic rings. The lowest BCUT2D eigenvalue weighted by molar-refractivity contribution is 0.475. The summed E-state index contributed by atoms with van der Waals surface area (Å²) in [4.78, 5) is 0. The van der Waals surface area contributed by atoms with Crippen molar-refractivity contribution in [2.45, 2.75) is 0 Å². The molecule has 5 N–H and O–H groups in total. The summed E-state index contributed by atoms with van der Waals surface area (Å²) in [6, 6.07) is 10.6. The van der Waals surface area contributed by atoms with Crippen molar-refractivity contribution in [2.24, 2.45) is 0 Å². The Labute approximate surface area is 102 Å². The zero-order valence-electron chi connectivity index (χ0n) is 8.44. The van der Waals surface area contributed by atoms with E-state index < -0.39 is 0 Å². The van der Waals surface area contributed by atoms with Crippen molar-refractivity contribution in [3.05, 3.63) is 40.9 Å². The second-order valence-electron chi connectivity index (χ2n) is 3.47. The number of rotatable bonds is 1. The summed E-state index contributed by atoms with van der Waals surface area (Å²) in [5.74, 6) is 0.229. The summed E-state index contributed by atoms with van der Waals surface area (Å²) >= 11 is 3.32. The smallest absolute Gasteiger partial charge is 0.115 e. The van der Waals surface area contributed by atoms with Gasteiger partial charge in [-0.05, 0) is 39.7 Å². The van der Waals surface area contributed by atoms with Gasteiger partial charge in [0, 0.05) is 10.0 Å². The molecule has 4 heteroatoms. The molecule has 16 heavy (non-hydrogen) atoms. The van der Waals surface area contributed by atoms with Crippen LogP contribution in [0.25, 0.3) is 11.1 Å². The average Bonchev–Trinajstić information content (AvgIpc) is 2.28. The molecule has 0 saturated carbocycles. The summed E-state index contributed by atoms with van der Waals surface area (Å²) in [6.07, 6.45) is 0. The van der Waals surface area contributed by atoms with Gasteiger partial charge >= 0.3 is 0 Å². The normalized spacial score (nSPS) is 10.3. The predicted molar refractivity (Wildman–Crippen MR) is 70.1 cm³/mol. The number of nitrogen functional groups attached to an aromatic ring is 2. The number of halogens is 1. The van der Waals surface area contributed by atoms with E-state index in [1.165, 1.54) is 0 Å². The minimum absolute atomic E-state index is 0.229. The van der Waals surface area contributed by atoms with E-state index in [1.54, 1.807) is 24.3 Å². The fraction of sp³-hybridized carbons (Fsp3) is 0. The molecule has 2 rings (SSSR count). The molecule has 0 unspecified atom stereocenters. The molecule has 2 aromatic carbocycles. The lowest BCUT2D eigenvalue weighted by Crippen LogP contribution is -1.98. The van der Waals surface area contributed by atoms with Gasteiger partial charge in [0.25, 0.3) is 0 Å². The maximum absolute atomic E-state index is 9.21. The number of phenols is 1. The number of aromatic hydroxyl groups is 1. The molecule has 0 bridgehead atoms. The van der Waals surface area contributed by atoms with Crippen molar-refractivity contribution in [1.29, 1.82) is 0 Å². The number of phenolic OH excluding ortho intramolecular Hbond substituents is 1. The minimum Gasteiger partial charge on any atom is -0.508 e. The van der Waals surface area contributed by atoms with Crippen molar-refractivity contribution in [1.82, 2.24) is 0 Å². The minimum atomic E-state index is 0.229. The standard InChI is InChI=1S/C12H11BrN2O/c13-10-6-5-9(11(14)12(10)15)7-1-3-8(16)4-2-7/h1-6,16H,14-15H2. The zero-order chi connectivity index (χ0) is 11.7. The van der Waals surface area contributed by atoms with Gasteiger partial charge in [-0.3, -0.25) is 0 Å². The Bertz CT molecular complexity index is 523. The molecular weight excluding hydrogens is 268 g/mol. The lowest BCUT2D eigenvalue weighted by Gasteiger charge is -2.10. The van der Waals surface area contributed by atoms with Crippen molar-refractivity contribution >= 4 is 27.3 Å². The van der Waals surface area contributed by atoms with Crippen LogP contribution in [0.2, 0.25) is 0 Å². The van der Waals surface area contributed by atoms with Crippen molar-refractivity contribution in [2.75, 3.05) is 11.5 Å². The van der Waals surface area contributed by atoms with Crippen LogP contribution in [0.3, 0.4) is 0 Å². The SMILES string of the molecule is Nc1c(Br)ccc(-c2ccc(O)cc2)c1N. The molecule has 0 heterocycles. The quantitative estimate of drug-likeness (QED) is 0.703. The van der Waals surface area contributed by atoms with Crippen molar-refractivity contribution in [3.8, 4) is 16.9 Å². The van der Waals surface area contributed by atoms with Crippen LogP contribution >= 0.6 is 15.9 Å². The van der Waals surface area contributed by atoms with E-state index in [9.17, 15) is 5.11 Å². The second-order valence-corrected chi connectivity index (χ2v) is 4.32. The maximum Gasteiger partial charge on any atom is 0.115 e. The first-order chi connectivity index (χ1) is 7.59. The van der Waals surface area contributed by atoms with Crippen LogP contribution in [0.1, 0.15) is 0 Å². The van der Waals surface area contributed by atoms with Crippen LogP contribution in [0, 0.1) is 0 Å². The number of benzene rings is 2. The van der Waals surface area contributed by atoms with E-state index in [1.807, 2.05) is 12.1 Å². The molecule has 0 saturated heterocycles. The third-order valence-corrected chi connectivity index (χ3v) is 3.10. The van der Waals surface area contributed by atoms with E-state index in [-0.39, 0.29) is 5.75 Å². The number of hydrogen-bond acceptors (Lipinski definition) is 3. The Balaban J connectivity index is 2.57. The van der Waals surface area contributed by atoms with Crippen molar-refractivity contribution < 1.29 is 5.11 Å². The largest absolute Gasteiger partial charge is 0.508 e. The molecule has 0 amide bonds. The van der Waals surface area contributed by atoms with Gasteiger partial charge in [0.05, 0.1) is 11.4 Å². The Morgan fingerprint density at radius 2 is 1.50 bits per heavy atom. The van der Waals surface area contributed by atoms with Gasteiger partial charge < -0.3 is 16.6 Å². The fourth-order valence-corrected chi connectivity index (χ4v) is 1.85. The molecular formula is C12H11BrN2O. The zero-order valence-corrected chi connectivity index (χ0v) is 10.0. The second kappa shape index (κ2) is 4.06. The maximum atomic E-state index is 9.21. The Morgan fingerprint density at radius 1 is 0.875 bits per heavy atom. The van der Waals surface area contributed by atoms with E-state index in [0.29, 0.717) is 11.4 Å². The number of anilines is 2. The van der Waals surface area contributed by atoms with Crippen LogP contribution in [-0.4, -0.2) is 5.11 Å². The van der Waals surface area contributed by atoms with Gasteiger partial charge in [0.1, 0.15) is 5.75 Å². The van der Waals surface area contributed by atoms with Gasteiger partial charge in [0.15, 0.2) is 0 Å². The van der Waals surface area contributed by atoms with Gasteiger partial charge in [-0.25, -0.2) is 0 Å². The van der Waals surface area contributed by atoms with Crippen LogP contribution < -0.4 is 11.5 Å².